The van der Waals surface area contributed by atoms with Crippen LogP contribution in [0.4, 0.5) is 5.69 Å². The van der Waals surface area contributed by atoms with Gasteiger partial charge in [0.25, 0.3) is 0 Å². The molecule has 0 unspecified atom stereocenters. The maximum Gasteiger partial charge on any atom is 0.120 e. The van der Waals surface area contributed by atoms with Crippen LogP contribution in [0.3, 0.4) is 0 Å². The van der Waals surface area contributed by atoms with Crippen LogP contribution < -0.4 is 5.73 Å². The summed E-state index contributed by atoms with van der Waals surface area (Å²) < 4.78 is 1.18. The van der Waals surface area contributed by atoms with Crippen LogP contribution in [0.2, 0.25) is 0 Å². The first-order valence-electron chi connectivity index (χ1n) is 7.10. The Labute approximate surface area is 131 Å². The third-order valence-electron chi connectivity index (χ3n) is 3.10. The molecule has 0 saturated carbocycles. The zero-order valence-corrected chi connectivity index (χ0v) is 13.8. The minimum Gasteiger partial charge on any atom is -0.399 e. The fourth-order valence-corrected chi connectivity index (χ4v) is 3.13. The number of thiazole rings is 1. The highest BCUT2D eigenvalue weighted by Gasteiger charge is 2.13. The third-order valence-corrected chi connectivity index (χ3v) is 4.19. The van der Waals surface area contributed by atoms with E-state index in [4.69, 9.17) is 5.73 Å². The van der Waals surface area contributed by atoms with E-state index in [9.17, 15) is 0 Å². The van der Waals surface area contributed by atoms with Crippen molar-refractivity contribution < 1.29 is 0 Å². The number of benzene rings is 1. The maximum absolute atomic E-state index is 5.79. The van der Waals surface area contributed by atoms with Crippen LogP contribution in [0.25, 0.3) is 15.8 Å². The third kappa shape index (κ3) is 4.32. The second-order valence-corrected chi connectivity index (χ2v) is 5.52. The average molecular weight is 301 g/mol. The molecule has 0 saturated heterocycles. The van der Waals surface area contributed by atoms with Crippen molar-refractivity contribution in [2.75, 3.05) is 25.9 Å². The van der Waals surface area contributed by atoms with E-state index in [1.54, 1.807) is 11.3 Å². The molecule has 1 aromatic heterocycles. The first-order valence-corrected chi connectivity index (χ1v) is 7.91. The van der Waals surface area contributed by atoms with Gasteiger partial charge in [-0.05, 0) is 37.2 Å². The molecule has 112 valence electrons. The monoisotopic (exact) mass is 301 g/mol. The van der Waals surface area contributed by atoms with E-state index in [1.807, 2.05) is 32.0 Å². The molecule has 0 spiro atoms. The molecule has 3 rings (SSSR count). The molecule has 3 nitrogen and oxygen atoms in total. The van der Waals surface area contributed by atoms with Crippen molar-refractivity contribution >= 4 is 32.8 Å². The van der Waals surface area contributed by atoms with E-state index in [-0.39, 0.29) is 0 Å². The Bertz CT molecular complexity index is 625. The van der Waals surface area contributed by atoms with Crippen molar-refractivity contribution in [3.05, 3.63) is 29.3 Å². The van der Waals surface area contributed by atoms with Gasteiger partial charge < -0.3 is 10.6 Å². The Balaban J connectivity index is 0.000000510. The van der Waals surface area contributed by atoms with Gasteiger partial charge in [-0.1, -0.05) is 19.9 Å². The number of hydrogen-bond acceptors (Lipinski definition) is 4. The van der Waals surface area contributed by atoms with Gasteiger partial charge in [0.1, 0.15) is 5.01 Å². The topological polar surface area (TPSA) is 42.2 Å². The number of aromatic nitrogens is 1. The number of fused-ring (bicyclic) bond motifs is 1. The van der Waals surface area contributed by atoms with Crippen molar-refractivity contribution in [2.45, 2.75) is 20.3 Å². The highest BCUT2D eigenvalue weighted by Crippen LogP contribution is 2.31. The van der Waals surface area contributed by atoms with Crippen LogP contribution in [-0.4, -0.2) is 30.0 Å². The molecule has 2 N–H and O–H groups in total. The van der Waals surface area contributed by atoms with Crippen LogP contribution in [0, 0.1) is 12.8 Å². The Morgan fingerprint density at radius 1 is 1.29 bits per heavy atom. The number of nitrogens with two attached hydrogens (primary N) is 1. The SMILES string of the molecule is C#C.CC.CN1CC=C(c2nc3ccc(N)cc3s2)CC1. The van der Waals surface area contributed by atoms with Crippen LogP contribution >= 0.6 is 11.3 Å². The number of nitrogen functional groups attached to an aromatic ring is 1. The first-order chi connectivity index (χ1) is 10.2. The number of anilines is 1. The summed E-state index contributed by atoms with van der Waals surface area (Å²) in [6.07, 6.45) is 11.4. The van der Waals surface area contributed by atoms with Crippen LogP contribution in [0.1, 0.15) is 25.3 Å². The quantitative estimate of drug-likeness (QED) is 0.642. The highest BCUT2D eigenvalue weighted by atomic mass is 32.1. The molecule has 2 aromatic rings. The van der Waals surface area contributed by atoms with E-state index in [0.717, 1.165) is 35.7 Å². The smallest absolute Gasteiger partial charge is 0.120 e. The number of likely N-dealkylation sites (N-methyl/N-ethyl adjacent to an activating group) is 1. The first kappa shape index (κ1) is 17.2. The minimum absolute atomic E-state index is 0.810. The highest BCUT2D eigenvalue weighted by molar-refractivity contribution is 7.19. The standard InChI is InChI=1S/C13H15N3S.C2H6.C2H2/c1-16-6-4-9(5-7-16)13-15-11-3-2-10(14)8-12(11)17-13;2*1-2/h2-4,8H,5-7,14H2,1H3;1-2H3;1-2H. The lowest BCUT2D eigenvalue weighted by Crippen LogP contribution is -2.23. The molecule has 1 aliphatic heterocycles. The van der Waals surface area contributed by atoms with Gasteiger partial charge in [-0.25, -0.2) is 4.98 Å². The van der Waals surface area contributed by atoms with Crippen molar-refractivity contribution in [3.63, 3.8) is 0 Å². The molecular weight excluding hydrogens is 278 g/mol. The van der Waals surface area contributed by atoms with Gasteiger partial charge in [-0.2, -0.15) is 0 Å². The van der Waals surface area contributed by atoms with E-state index < -0.39 is 0 Å². The van der Waals surface area contributed by atoms with E-state index in [1.165, 1.54) is 10.3 Å². The summed E-state index contributed by atoms with van der Waals surface area (Å²) in [6.45, 7) is 6.14. The van der Waals surface area contributed by atoms with Gasteiger partial charge in [0.05, 0.1) is 10.2 Å². The summed E-state index contributed by atoms with van der Waals surface area (Å²) >= 11 is 1.74. The predicted octanol–water partition coefficient (Wildman–Crippen LogP) is 3.87. The fourth-order valence-electron chi connectivity index (χ4n) is 2.04. The molecule has 21 heavy (non-hydrogen) atoms. The average Bonchev–Trinajstić information content (AvgIpc) is 2.95. The molecule has 1 aliphatic rings. The van der Waals surface area contributed by atoms with Gasteiger partial charge in [-0.15, -0.1) is 24.2 Å². The van der Waals surface area contributed by atoms with Crippen molar-refractivity contribution in [2.24, 2.45) is 0 Å². The van der Waals surface area contributed by atoms with Gasteiger partial charge in [0.2, 0.25) is 0 Å². The Kier molecular flexibility index (Phi) is 6.93. The van der Waals surface area contributed by atoms with Crippen molar-refractivity contribution in [1.82, 2.24) is 9.88 Å². The molecule has 2 heterocycles. The zero-order valence-electron chi connectivity index (χ0n) is 13.0. The number of terminal acetylenes is 1. The summed E-state index contributed by atoms with van der Waals surface area (Å²) in [6, 6.07) is 5.92. The Hall–Kier alpha value is -1.83. The number of rotatable bonds is 1. The molecule has 0 bridgehead atoms. The molecule has 0 atom stereocenters. The summed E-state index contributed by atoms with van der Waals surface area (Å²) in [4.78, 5) is 6.99. The second-order valence-electron chi connectivity index (χ2n) is 4.49. The summed E-state index contributed by atoms with van der Waals surface area (Å²) in [5.41, 5.74) is 9.03. The van der Waals surface area contributed by atoms with E-state index >= 15 is 0 Å². The molecule has 0 aliphatic carbocycles. The van der Waals surface area contributed by atoms with E-state index in [2.05, 4.69) is 35.9 Å². The van der Waals surface area contributed by atoms with Crippen molar-refractivity contribution in [1.29, 1.82) is 0 Å². The largest absolute Gasteiger partial charge is 0.399 e. The van der Waals surface area contributed by atoms with Gasteiger partial charge in [0, 0.05) is 18.8 Å². The van der Waals surface area contributed by atoms with Crippen molar-refractivity contribution in [3.8, 4) is 12.8 Å². The lowest BCUT2D eigenvalue weighted by molar-refractivity contribution is 0.370. The molecule has 0 amide bonds. The van der Waals surface area contributed by atoms with Crippen LogP contribution in [-0.2, 0) is 0 Å². The zero-order chi connectivity index (χ0) is 15.8. The molecule has 0 radical (unpaired) electrons. The van der Waals surface area contributed by atoms with Gasteiger partial charge in [-0.3, -0.25) is 0 Å². The Morgan fingerprint density at radius 2 is 2.00 bits per heavy atom. The molecule has 4 heteroatoms. The summed E-state index contributed by atoms with van der Waals surface area (Å²) in [5.74, 6) is 0. The molecular formula is C17H23N3S. The second kappa shape index (κ2) is 8.46. The van der Waals surface area contributed by atoms with Gasteiger partial charge >= 0.3 is 0 Å². The number of nitrogens with zero attached hydrogens (tertiary/aromatic N) is 2. The molecule has 0 fully saturated rings. The van der Waals surface area contributed by atoms with Gasteiger partial charge in [0.15, 0.2) is 0 Å². The Morgan fingerprint density at radius 3 is 2.62 bits per heavy atom. The summed E-state index contributed by atoms with van der Waals surface area (Å²) in [7, 11) is 2.15. The van der Waals surface area contributed by atoms with E-state index in [0.29, 0.717) is 0 Å². The van der Waals surface area contributed by atoms with Crippen LogP contribution in [0.5, 0.6) is 0 Å². The normalized spacial score (nSPS) is 14.4. The fraction of sp³-hybridized carbons (Fsp3) is 0.353. The maximum atomic E-state index is 5.79. The lowest BCUT2D eigenvalue weighted by atomic mass is 10.1. The predicted molar refractivity (Wildman–Crippen MR) is 95.4 cm³/mol. The molecule has 1 aromatic carbocycles. The lowest BCUT2D eigenvalue weighted by Gasteiger charge is -2.20. The minimum atomic E-state index is 0.810. The summed E-state index contributed by atoms with van der Waals surface area (Å²) in [5, 5.41) is 1.15. The van der Waals surface area contributed by atoms with Crippen LogP contribution in [0.15, 0.2) is 24.3 Å². The number of hydrogen-bond donors (Lipinski definition) is 1.